The fourth-order valence-corrected chi connectivity index (χ4v) is 1.57. The highest BCUT2D eigenvalue weighted by Gasteiger charge is 2.15. The first-order valence-corrected chi connectivity index (χ1v) is 7.92. The Bertz CT molecular complexity index is 519. The number of hydrogen-bond acceptors (Lipinski definition) is 5. The van der Waals surface area contributed by atoms with E-state index in [-0.39, 0.29) is 18.0 Å². The Morgan fingerprint density at radius 3 is 2.58 bits per heavy atom. The number of hydrogen-bond donors (Lipinski definition) is 3. The zero-order valence-corrected chi connectivity index (χ0v) is 15.2. The van der Waals surface area contributed by atoms with E-state index in [2.05, 4.69) is 22.5 Å². The lowest BCUT2D eigenvalue weighted by Crippen LogP contribution is -2.19. The summed E-state index contributed by atoms with van der Waals surface area (Å²) < 4.78 is 5.00. The molecule has 24 heavy (non-hydrogen) atoms. The Labute approximate surface area is 144 Å². The van der Waals surface area contributed by atoms with Crippen molar-refractivity contribution in [2.24, 2.45) is 4.99 Å². The van der Waals surface area contributed by atoms with Crippen molar-refractivity contribution >= 4 is 18.1 Å². The summed E-state index contributed by atoms with van der Waals surface area (Å²) >= 11 is 0. The summed E-state index contributed by atoms with van der Waals surface area (Å²) in [5.41, 5.74) is 1.00. The van der Waals surface area contributed by atoms with Crippen LogP contribution in [0.25, 0.3) is 0 Å². The highest BCUT2D eigenvalue weighted by Crippen LogP contribution is 2.06. The van der Waals surface area contributed by atoms with Crippen LogP contribution in [0.5, 0.6) is 0 Å². The maximum absolute atomic E-state index is 12.1. The van der Waals surface area contributed by atoms with E-state index in [0.29, 0.717) is 0 Å². The second-order valence-electron chi connectivity index (χ2n) is 5.07. The van der Waals surface area contributed by atoms with Crippen LogP contribution in [0.15, 0.2) is 40.8 Å². The zero-order valence-electron chi connectivity index (χ0n) is 15.2. The molecule has 0 aliphatic rings. The molecular weight excluding hydrogens is 306 g/mol. The fourth-order valence-electron chi connectivity index (χ4n) is 1.57. The van der Waals surface area contributed by atoms with Crippen molar-refractivity contribution in [3.8, 4) is 0 Å². The predicted molar refractivity (Wildman–Crippen MR) is 98.9 cm³/mol. The van der Waals surface area contributed by atoms with Gasteiger partial charge >= 0.3 is 5.97 Å². The highest BCUT2D eigenvalue weighted by atomic mass is 16.5. The number of carbonyl (C=O) groups is 1. The van der Waals surface area contributed by atoms with Gasteiger partial charge in [0.15, 0.2) is 5.84 Å². The van der Waals surface area contributed by atoms with Crippen LogP contribution in [0.3, 0.4) is 0 Å². The van der Waals surface area contributed by atoms with E-state index in [1.807, 2.05) is 19.2 Å². The molecule has 0 spiro atoms. The Morgan fingerprint density at radius 1 is 1.33 bits per heavy atom. The number of carbonyl (C=O) groups excluding carboxylic acids is 1. The van der Waals surface area contributed by atoms with Crippen LogP contribution in [0.1, 0.15) is 26.7 Å². The van der Waals surface area contributed by atoms with E-state index < -0.39 is 5.97 Å². The summed E-state index contributed by atoms with van der Waals surface area (Å²) in [6.07, 6.45) is 10.3. The molecule has 0 rings (SSSR count). The number of allylic oxidation sites excluding steroid dienone is 3. The molecule has 0 fully saturated rings. The lowest BCUT2D eigenvalue weighted by Gasteiger charge is -2.10. The lowest BCUT2D eigenvalue weighted by atomic mass is 10.2. The summed E-state index contributed by atoms with van der Waals surface area (Å²) in [5.74, 6) is -0.733. The van der Waals surface area contributed by atoms with E-state index in [4.69, 9.17) is 10.1 Å². The Morgan fingerprint density at radius 2 is 2.04 bits per heavy atom. The molecule has 0 bridgehead atoms. The molecule has 0 heterocycles. The smallest absolute Gasteiger partial charge is 0.343 e. The molecule has 0 aliphatic carbocycles. The summed E-state index contributed by atoms with van der Waals surface area (Å²) in [7, 11) is 5.40. The van der Waals surface area contributed by atoms with E-state index in [1.54, 1.807) is 32.1 Å². The van der Waals surface area contributed by atoms with Crippen LogP contribution < -0.4 is 10.6 Å². The molecule has 0 aromatic heterocycles. The van der Waals surface area contributed by atoms with Crippen molar-refractivity contribution in [2.75, 3.05) is 27.7 Å². The van der Waals surface area contributed by atoms with E-state index >= 15 is 0 Å². The number of ether oxygens (including phenoxy) is 1. The average molecular weight is 335 g/mol. The number of esters is 1. The van der Waals surface area contributed by atoms with Gasteiger partial charge in [-0.05, 0) is 31.7 Å². The molecule has 0 saturated heterocycles. The average Bonchev–Trinajstić information content (AvgIpc) is 2.53. The first-order chi connectivity index (χ1) is 11.5. The largest absolute Gasteiger partial charge is 0.462 e. The molecule has 0 aromatic carbocycles. The van der Waals surface area contributed by atoms with Crippen molar-refractivity contribution in [1.82, 2.24) is 15.5 Å². The van der Waals surface area contributed by atoms with Crippen molar-refractivity contribution in [3.05, 3.63) is 35.8 Å². The normalized spacial score (nSPS) is 12.5. The third-order valence-corrected chi connectivity index (χ3v) is 2.65. The molecular formula is C17H29N5O2. The van der Waals surface area contributed by atoms with Gasteiger partial charge in [0.2, 0.25) is 0 Å². The molecule has 0 atom stereocenters. The molecule has 3 N–H and O–H groups in total. The van der Waals surface area contributed by atoms with Gasteiger partial charge in [0, 0.05) is 33.0 Å². The number of nitrogens with one attached hydrogen (secondary N) is 3. The second-order valence-corrected chi connectivity index (χ2v) is 5.07. The first-order valence-electron chi connectivity index (χ1n) is 7.92. The second kappa shape index (κ2) is 12.9. The monoisotopic (exact) mass is 335 g/mol. The fraction of sp³-hybridized carbons (Fsp3) is 0.471. The Kier molecular flexibility index (Phi) is 11.5. The molecule has 0 saturated carbocycles. The topological polar surface area (TPSA) is 89.8 Å². The number of nitrogens with zero attached hydrogens (tertiary/aromatic N) is 2. The number of amidine groups is 1. The van der Waals surface area contributed by atoms with Crippen molar-refractivity contribution < 1.29 is 9.53 Å². The van der Waals surface area contributed by atoms with Gasteiger partial charge in [0.25, 0.3) is 0 Å². The number of aliphatic imine (C=N–C) groups is 1. The zero-order chi connectivity index (χ0) is 18.4. The third-order valence-electron chi connectivity index (χ3n) is 2.65. The van der Waals surface area contributed by atoms with Crippen molar-refractivity contribution in [2.45, 2.75) is 26.7 Å². The maximum Gasteiger partial charge on any atom is 0.343 e. The number of rotatable bonds is 10. The minimum absolute atomic E-state index is 0.0783. The lowest BCUT2D eigenvalue weighted by molar-refractivity contribution is -0.137. The van der Waals surface area contributed by atoms with Crippen molar-refractivity contribution in [3.63, 3.8) is 0 Å². The van der Waals surface area contributed by atoms with Crippen molar-refractivity contribution in [1.29, 1.82) is 5.41 Å². The molecule has 134 valence electrons. The van der Waals surface area contributed by atoms with Gasteiger partial charge in [-0.3, -0.25) is 5.41 Å². The molecule has 7 nitrogen and oxygen atoms in total. The van der Waals surface area contributed by atoms with E-state index in [1.165, 1.54) is 12.5 Å². The summed E-state index contributed by atoms with van der Waals surface area (Å²) in [5, 5.41) is 14.0. The van der Waals surface area contributed by atoms with Gasteiger partial charge in [0.05, 0.1) is 12.9 Å². The highest BCUT2D eigenvalue weighted by molar-refractivity contribution is 6.19. The first kappa shape index (κ1) is 21.4. The van der Waals surface area contributed by atoms with Gasteiger partial charge in [0.1, 0.15) is 5.57 Å². The molecule has 0 unspecified atom stereocenters. The molecule has 0 aliphatic heterocycles. The van der Waals surface area contributed by atoms with Gasteiger partial charge in [-0.25, -0.2) is 9.79 Å². The van der Waals surface area contributed by atoms with Gasteiger partial charge in [-0.15, -0.1) is 0 Å². The van der Waals surface area contributed by atoms with E-state index in [0.717, 1.165) is 18.5 Å². The van der Waals surface area contributed by atoms with Crippen LogP contribution in [-0.2, 0) is 9.53 Å². The molecule has 0 amide bonds. The maximum atomic E-state index is 12.1. The Hall–Kier alpha value is -2.57. The molecule has 0 aromatic rings. The van der Waals surface area contributed by atoms with E-state index in [9.17, 15) is 4.79 Å². The Balaban J connectivity index is 5.33. The van der Waals surface area contributed by atoms with Crippen LogP contribution in [0.2, 0.25) is 0 Å². The summed E-state index contributed by atoms with van der Waals surface area (Å²) in [6.45, 7) is 4.03. The SMILES string of the molecule is CCC/C(=C\C=C/NC)N/C=C(\C(=N)N=CN(C)C)C(=O)OCC. The van der Waals surface area contributed by atoms with Crippen LogP contribution in [0.4, 0.5) is 0 Å². The predicted octanol–water partition coefficient (Wildman–Crippen LogP) is 2.01. The van der Waals surface area contributed by atoms with Gasteiger partial charge < -0.3 is 20.3 Å². The van der Waals surface area contributed by atoms with Gasteiger partial charge in [-0.2, -0.15) is 0 Å². The minimum atomic E-state index is -0.576. The standard InChI is InChI=1S/C17H29N5O2/c1-6-9-14(10-8-11-19-3)20-12-15(17(23)24-7-2)16(18)21-13-22(4)5/h8,10-13,18-20H,6-7,9H2,1-5H3/b11-8-,14-10+,15-12+,18-16?,21-13?. The minimum Gasteiger partial charge on any atom is -0.462 e. The third kappa shape index (κ3) is 9.45. The van der Waals surface area contributed by atoms with Crippen LogP contribution in [0, 0.1) is 5.41 Å². The van der Waals surface area contributed by atoms with Crippen LogP contribution >= 0.6 is 0 Å². The summed E-state index contributed by atoms with van der Waals surface area (Å²) in [6, 6.07) is 0. The quantitative estimate of drug-likeness (QED) is 0.187. The van der Waals surface area contributed by atoms with Crippen LogP contribution in [-0.4, -0.2) is 50.8 Å². The van der Waals surface area contributed by atoms with Gasteiger partial charge in [-0.1, -0.05) is 13.3 Å². The summed E-state index contributed by atoms with van der Waals surface area (Å²) in [4.78, 5) is 17.7. The molecule has 0 radical (unpaired) electrons. The molecule has 7 heteroatoms.